The maximum atomic E-state index is 12.5. The Hall–Kier alpha value is -2.13. The number of benzene rings is 1. The number of aromatic amines is 1. The molecule has 1 N–H and O–H groups in total. The van der Waals surface area contributed by atoms with Crippen molar-refractivity contribution in [1.29, 1.82) is 0 Å². The van der Waals surface area contributed by atoms with E-state index in [1.54, 1.807) is 45.0 Å². The van der Waals surface area contributed by atoms with E-state index in [0.29, 0.717) is 16.2 Å². The number of aromatic nitrogens is 1. The molecule has 1 aromatic carbocycles. The number of H-pyrrole nitrogens is 1. The summed E-state index contributed by atoms with van der Waals surface area (Å²) in [6.07, 6.45) is 1.73. The van der Waals surface area contributed by atoms with Crippen molar-refractivity contribution in [1.82, 2.24) is 4.98 Å². The summed E-state index contributed by atoms with van der Waals surface area (Å²) in [7, 11) is 0. The van der Waals surface area contributed by atoms with E-state index >= 15 is 0 Å². The van der Waals surface area contributed by atoms with Crippen LogP contribution in [-0.4, -0.2) is 10.8 Å². The average molecular weight is 302 g/mol. The molecule has 1 heterocycles. The molecule has 108 valence electrons. The van der Waals surface area contributed by atoms with Gasteiger partial charge in [-0.15, -0.1) is 0 Å². The van der Waals surface area contributed by atoms with Crippen LogP contribution in [0, 0.1) is 13.8 Å². The molecule has 2 aromatic rings. The maximum absolute atomic E-state index is 12.5. The van der Waals surface area contributed by atoms with Crippen LogP contribution < -0.4 is 5.56 Å². The van der Waals surface area contributed by atoms with E-state index in [1.165, 1.54) is 0 Å². The molecule has 4 heteroatoms. The molecule has 0 aliphatic heterocycles. The molecule has 0 radical (unpaired) electrons. The smallest absolute Gasteiger partial charge is 0.259 e. The van der Waals surface area contributed by atoms with Crippen LogP contribution in [0.4, 0.5) is 0 Å². The lowest BCUT2D eigenvalue weighted by Crippen LogP contribution is -2.21. The highest BCUT2D eigenvalue weighted by molar-refractivity contribution is 6.30. The highest BCUT2D eigenvalue weighted by Gasteiger charge is 2.15. The van der Waals surface area contributed by atoms with Crippen molar-refractivity contribution >= 4 is 23.5 Å². The molecule has 0 amide bonds. The first-order valence-corrected chi connectivity index (χ1v) is 6.95. The van der Waals surface area contributed by atoms with E-state index in [1.807, 2.05) is 12.1 Å². The van der Waals surface area contributed by atoms with Gasteiger partial charge in [-0.2, -0.15) is 0 Å². The summed E-state index contributed by atoms with van der Waals surface area (Å²) in [5, 5.41) is 0.605. The number of hydrogen-bond acceptors (Lipinski definition) is 2. The van der Waals surface area contributed by atoms with Gasteiger partial charge < -0.3 is 4.98 Å². The van der Waals surface area contributed by atoms with Crippen molar-refractivity contribution < 1.29 is 4.79 Å². The Morgan fingerprint density at radius 1 is 1.24 bits per heavy atom. The number of Topliss-reactive ketones (excluding diaryl/α,β-unsaturated/α-hetero) is 1. The molecule has 0 fully saturated rings. The van der Waals surface area contributed by atoms with Crippen LogP contribution in [-0.2, 0) is 0 Å². The summed E-state index contributed by atoms with van der Waals surface area (Å²) in [5.74, 6) is -0.270. The van der Waals surface area contributed by atoms with Crippen molar-refractivity contribution in [3.05, 3.63) is 73.7 Å². The third-order valence-electron chi connectivity index (χ3n) is 3.18. The second-order valence-electron chi connectivity index (χ2n) is 5.05. The molecular weight excluding hydrogens is 286 g/mol. The standard InChI is InChI=1S/C17H16ClNO2/c1-10-7-12(3)19-17(21)15(10)16(20)11(2)8-13-5-4-6-14(18)9-13/h4-9H,1-3H3,(H,19,21). The van der Waals surface area contributed by atoms with E-state index in [-0.39, 0.29) is 16.9 Å². The molecule has 21 heavy (non-hydrogen) atoms. The normalized spacial score (nSPS) is 11.5. The van der Waals surface area contributed by atoms with Crippen LogP contribution in [0.2, 0.25) is 5.02 Å². The fourth-order valence-corrected chi connectivity index (χ4v) is 2.44. The van der Waals surface area contributed by atoms with Gasteiger partial charge in [-0.1, -0.05) is 23.7 Å². The lowest BCUT2D eigenvalue weighted by molar-refractivity contribution is 0.103. The molecule has 2 rings (SSSR count). The largest absolute Gasteiger partial charge is 0.326 e. The topological polar surface area (TPSA) is 49.9 Å². The molecule has 0 aliphatic rings. The Labute approximate surface area is 128 Å². The van der Waals surface area contributed by atoms with Crippen LogP contribution in [0.5, 0.6) is 0 Å². The minimum Gasteiger partial charge on any atom is -0.326 e. The summed E-state index contributed by atoms with van der Waals surface area (Å²) < 4.78 is 0. The first-order valence-electron chi connectivity index (χ1n) is 6.57. The predicted molar refractivity (Wildman–Crippen MR) is 86.0 cm³/mol. The highest BCUT2D eigenvalue weighted by Crippen LogP contribution is 2.16. The van der Waals surface area contributed by atoms with Gasteiger partial charge in [-0.3, -0.25) is 9.59 Å². The third kappa shape index (κ3) is 3.50. The Morgan fingerprint density at radius 2 is 1.95 bits per heavy atom. The Balaban J connectivity index is 2.43. The average Bonchev–Trinajstić information content (AvgIpc) is 2.37. The SMILES string of the molecule is CC(=Cc1cccc(Cl)c1)C(=O)c1c(C)cc(C)[nH]c1=O. The Bertz CT molecular complexity index is 788. The van der Waals surface area contributed by atoms with Crippen molar-refractivity contribution in [3.8, 4) is 0 Å². The minimum absolute atomic E-state index is 0.191. The maximum Gasteiger partial charge on any atom is 0.259 e. The zero-order valence-corrected chi connectivity index (χ0v) is 12.9. The number of allylic oxidation sites excluding steroid dienone is 1. The van der Waals surface area contributed by atoms with Gasteiger partial charge in [0.05, 0.1) is 5.56 Å². The number of halogens is 1. The van der Waals surface area contributed by atoms with Gasteiger partial charge in [0.2, 0.25) is 0 Å². The first-order chi connectivity index (χ1) is 9.88. The monoisotopic (exact) mass is 301 g/mol. The van der Waals surface area contributed by atoms with Crippen molar-refractivity contribution in [2.45, 2.75) is 20.8 Å². The molecule has 0 bridgehead atoms. The number of nitrogens with one attached hydrogen (secondary N) is 1. The molecule has 0 unspecified atom stereocenters. The molecule has 0 spiro atoms. The van der Waals surface area contributed by atoms with E-state index in [0.717, 1.165) is 11.3 Å². The molecule has 0 atom stereocenters. The third-order valence-corrected chi connectivity index (χ3v) is 3.42. The summed E-state index contributed by atoms with van der Waals surface area (Å²) >= 11 is 5.92. The number of carbonyl (C=O) groups excluding carboxylic acids is 1. The van der Waals surface area contributed by atoms with Gasteiger partial charge in [-0.05, 0) is 61.7 Å². The molecule has 0 aliphatic carbocycles. The lowest BCUT2D eigenvalue weighted by Gasteiger charge is -2.06. The van der Waals surface area contributed by atoms with Crippen molar-refractivity contribution in [2.24, 2.45) is 0 Å². The van der Waals surface area contributed by atoms with Crippen molar-refractivity contribution in [2.75, 3.05) is 0 Å². The summed E-state index contributed by atoms with van der Waals surface area (Å²) in [4.78, 5) is 27.1. The summed E-state index contributed by atoms with van der Waals surface area (Å²) in [5.41, 5.74) is 2.59. The van der Waals surface area contributed by atoms with Crippen LogP contribution in [0.25, 0.3) is 6.08 Å². The van der Waals surface area contributed by atoms with Crippen LogP contribution >= 0.6 is 11.6 Å². The van der Waals surface area contributed by atoms with Gasteiger partial charge >= 0.3 is 0 Å². The van der Waals surface area contributed by atoms with Crippen LogP contribution in [0.3, 0.4) is 0 Å². The predicted octanol–water partition coefficient (Wildman–Crippen LogP) is 3.93. The second-order valence-corrected chi connectivity index (χ2v) is 5.49. The van der Waals surface area contributed by atoms with E-state index < -0.39 is 0 Å². The number of aryl methyl sites for hydroxylation is 2. The Morgan fingerprint density at radius 3 is 2.57 bits per heavy atom. The molecule has 1 aromatic heterocycles. The molecule has 0 saturated carbocycles. The van der Waals surface area contributed by atoms with Crippen LogP contribution in [0.15, 0.2) is 40.7 Å². The quantitative estimate of drug-likeness (QED) is 0.690. The highest BCUT2D eigenvalue weighted by atomic mass is 35.5. The zero-order chi connectivity index (χ0) is 15.6. The number of rotatable bonds is 3. The van der Waals surface area contributed by atoms with Gasteiger partial charge in [-0.25, -0.2) is 0 Å². The molecule has 3 nitrogen and oxygen atoms in total. The van der Waals surface area contributed by atoms with Gasteiger partial charge in [0.25, 0.3) is 5.56 Å². The van der Waals surface area contributed by atoms with Crippen LogP contribution in [0.1, 0.15) is 34.1 Å². The summed E-state index contributed by atoms with van der Waals surface area (Å²) in [6.45, 7) is 5.25. The van der Waals surface area contributed by atoms with Gasteiger partial charge in [0, 0.05) is 10.7 Å². The summed E-state index contributed by atoms with van der Waals surface area (Å²) in [6, 6.07) is 9.00. The van der Waals surface area contributed by atoms with E-state index in [2.05, 4.69) is 4.98 Å². The van der Waals surface area contributed by atoms with E-state index in [4.69, 9.17) is 11.6 Å². The van der Waals surface area contributed by atoms with Gasteiger partial charge in [0.1, 0.15) is 0 Å². The molecular formula is C17H16ClNO2. The molecule has 0 saturated heterocycles. The number of pyridine rings is 1. The van der Waals surface area contributed by atoms with E-state index in [9.17, 15) is 9.59 Å². The second kappa shape index (κ2) is 6.10. The number of carbonyl (C=O) groups is 1. The number of hydrogen-bond donors (Lipinski definition) is 1. The zero-order valence-electron chi connectivity index (χ0n) is 12.2. The Kier molecular flexibility index (Phi) is 4.43. The van der Waals surface area contributed by atoms with Gasteiger partial charge in [0.15, 0.2) is 5.78 Å². The number of ketones is 1. The minimum atomic E-state index is -0.351. The fraction of sp³-hybridized carbons (Fsp3) is 0.176. The van der Waals surface area contributed by atoms with Crippen molar-refractivity contribution in [3.63, 3.8) is 0 Å². The first kappa shape index (κ1) is 15.3. The fourth-order valence-electron chi connectivity index (χ4n) is 2.24. The lowest BCUT2D eigenvalue weighted by atomic mass is 9.99.